The molecule has 0 bridgehead atoms. The fourth-order valence-electron chi connectivity index (χ4n) is 1.86. The fourth-order valence-corrected chi connectivity index (χ4v) is 2.48. The number of hydrogen-bond acceptors (Lipinski definition) is 6. The summed E-state index contributed by atoms with van der Waals surface area (Å²) < 4.78 is 11.0. The van der Waals surface area contributed by atoms with Crippen LogP contribution in [0.1, 0.15) is 11.3 Å². The number of nitrogens with zero attached hydrogens (tertiary/aromatic N) is 2. The van der Waals surface area contributed by atoms with Crippen LogP contribution < -0.4 is 0 Å². The lowest BCUT2D eigenvalue weighted by Crippen LogP contribution is -2.06. The molecule has 0 unspecified atom stereocenters. The number of ether oxygens (including phenoxy) is 1. The Labute approximate surface area is 147 Å². The monoisotopic (exact) mass is 444 g/mol. The summed E-state index contributed by atoms with van der Waals surface area (Å²) in [4.78, 5) is 26.2. The van der Waals surface area contributed by atoms with Crippen LogP contribution in [0.25, 0.3) is 6.08 Å². The van der Waals surface area contributed by atoms with Gasteiger partial charge in [-0.1, -0.05) is 11.6 Å². The van der Waals surface area contributed by atoms with Crippen LogP contribution in [0.4, 0.5) is 5.69 Å². The number of cyclic esters (lactones) is 1. The predicted molar refractivity (Wildman–Crippen MR) is 90.1 cm³/mol. The Hall–Kier alpha value is -2.20. The summed E-state index contributed by atoms with van der Waals surface area (Å²) in [6.45, 7) is 0. The van der Waals surface area contributed by atoms with Crippen molar-refractivity contribution >= 4 is 57.8 Å². The van der Waals surface area contributed by atoms with Gasteiger partial charge in [-0.25, -0.2) is 9.79 Å². The van der Waals surface area contributed by atoms with E-state index in [9.17, 15) is 14.9 Å². The molecule has 9 heteroatoms. The average molecular weight is 445 g/mol. The molecule has 0 fully saturated rings. The quantitative estimate of drug-likeness (QED) is 0.236. The number of nitro groups is 1. The number of nitro benzene ring substituents is 1. The highest BCUT2D eigenvalue weighted by molar-refractivity contribution is 14.1. The van der Waals surface area contributed by atoms with Crippen molar-refractivity contribution in [1.82, 2.24) is 0 Å². The van der Waals surface area contributed by atoms with Gasteiger partial charge in [0.15, 0.2) is 9.46 Å². The minimum absolute atomic E-state index is 0.00963. The molecule has 0 N–H and O–H groups in total. The van der Waals surface area contributed by atoms with Crippen LogP contribution >= 0.6 is 34.2 Å². The Balaban J connectivity index is 1.97. The number of esters is 1. The number of rotatable bonds is 3. The molecule has 7 nitrogen and oxygen atoms in total. The highest BCUT2D eigenvalue weighted by atomic mass is 127. The standard InChI is InChI=1S/C14H6ClIN2O5/c15-9-3-1-7(5-11(9)18(20)21)13-17-10(14(19)23-13)6-8-2-4-12(16)22-8/h1-6H/b10-6-. The van der Waals surface area contributed by atoms with Gasteiger partial charge < -0.3 is 9.15 Å². The maximum Gasteiger partial charge on any atom is 0.363 e. The summed E-state index contributed by atoms with van der Waals surface area (Å²) in [6.07, 6.45) is 1.43. The SMILES string of the molecule is O=C1OC(c2ccc(Cl)c([N+](=O)[O-])c2)=N/C1=C\c1ccc(I)o1. The molecule has 0 atom stereocenters. The van der Waals surface area contributed by atoms with E-state index < -0.39 is 10.9 Å². The smallest absolute Gasteiger partial charge is 0.363 e. The van der Waals surface area contributed by atoms with Gasteiger partial charge in [-0.2, -0.15) is 0 Å². The Morgan fingerprint density at radius 3 is 2.74 bits per heavy atom. The van der Waals surface area contributed by atoms with Crippen molar-refractivity contribution in [1.29, 1.82) is 0 Å². The van der Waals surface area contributed by atoms with E-state index in [1.54, 1.807) is 12.1 Å². The van der Waals surface area contributed by atoms with Crippen molar-refractivity contribution < 1.29 is 18.9 Å². The molecular weight excluding hydrogens is 439 g/mol. The van der Waals surface area contributed by atoms with E-state index in [0.29, 0.717) is 9.53 Å². The number of carbonyl (C=O) groups is 1. The van der Waals surface area contributed by atoms with Crippen molar-refractivity contribution in [3.8, 4) is 0 Å². The first kappa shape index (κ1) is 15.7. The van der Waals surface area contributed by atoms with Crippen molar-refractivity contribution in [2.24, 2.45) is 4.99 Å². The van der Waals surface area contributed by atoms with Gasteiger partial charge in [0.05, 0.1) is 4.92 Å². The second-order valence-corrected chi connectivity index (χ2v) is 5.87. The summed E-state index contributed by atoms with van der Waals surface area (Å²) in [7, 11) is 0. The number of halogens is 2. The highest BCUT2D eigenvalue weighted by Gasteiger charge is 2.26. The average Bonchev–Trinajstić information content (AvgIpc) is 3.06. The summed E-state index contributed by atoms with van der Waals surface area (Å²) in [6, 6.07) is 7.46. The molecule has 0 radical (unpaired) electrons. The van der Waals surface area contributed by atoms with Gasteiger partial charge in [-0.15, -0.1) is 0 Å². The summed E-state index contributed by atoms with van der Waals surface area (Å²) in [5, 5.41) is 10.9. The summed E-state index contributed by atoms with van der Waals surface area (Å²) in [5.41, 5.74) is 0.0381. The number of aliphatic imine (C=N–C) groups is 1. The zero-order chi connectivity index (χ0) is 16.6. The number of carbonyl (C=O) groups excluding carboxylic acids is 1. The first-order valence-electron chi connectivity index (χ1n) is 6.16. The lowest BCUT2D eigenvalue weighted by atomic mass is 10.2. The first-order valence-corrected chi connectivity index (χ1v) is 7.62. The van der Waals surface area contributed by atoms with Crippen LogP contribution in [-0.2, 0) is 9.53 Å². The van der Waals surface area contributed by atoms with E-state index in [0.717, 1.165) is 0 Å². The van der Waals surface area contributed by atoms with Crippen LogP contribution in [0.5, 0.6) is 0 Å². The Bertz CT molecular complexity index is 887. The Morgan fingerprint density at radius 2 is 2.09 bits per heavy atom. The molecule has 1 aromatic heterocycles. The van der Waals surface area contributed by atoms with Gasteiger partial charge in [0.1, 0.15) is 10.8 Å². The third-order valence-electron chi connectivity index (χ3n) is 2.88. The van der Waals surface area contributed by atoms with E-state index in [1.807, 2.05) is 22.6 Å². The van der Waals surface area contributed by atoms with E-state index in [-0.39, 0.29) is 27.9 Å². The number of furan rings is 1. The lowest BCUT2D eigenvalue weighted by Gasteiger charge is -2.00. The molecule has 0 saturated heterocycles. The molecule has 0 amide bonds. The third-order valence-corrected chi connectivity index (χ3v) is 3.78. The largest absolute Gasteiger partial charge is 0.451 e. The van der Waals surface area contributed by atoms with Gasteiger partial charge in [0, 0.05) is 17.7 Å². The van der Waals surface area contributed by atoms with Crippen LogP contribution in [0.3, 0.4) is 0 Å². The molecule has 1 aliphatic rings. The van der Waals surface area contributed by atoms with Gasteiger partial charge in [0.2, 0.25) is 5.90 Å². The molecule has 0 saturated carbocycles. The van der Waals surface area contributed by atoms with Crippen molar-refractivity contribution in [2.45, 2.75) is 0 Å². The van der Waals surface area contributed by atoms with Gasteiger partial charge in [-0.3, -0.25) is 10.1 Å². The normalized spacial score (nSPS) is 15.7. The van der Waals surface area contributed by atoms with Crippen LogP contribution in [0.2, 0.25) is 5.02 Å². The van der Waals surface area contributed by atoms with E-state index in [1.165, 1.54) is 24.3 Å². The third kappa shape index (κ3) is 3.27. The number of hydrogen-bond donors (Lipinski definition) is 0. The minimum Gasteiger partial charge on any atom is -0.451 e. The number of benzene rings is 1. The van der Waals surface area contributed by atoms with Crippen molar-refractivity contribution in [3.63, 3.8) is 0 Å². The first-order chi connectivity index (χ1) is 10.9. The Kier molecular flexibility index (Phi) is 4.18. The van der Waals surface area contributed by atoms with Gasteiger partial charge in [-0.05, 0) is 46.9 Å². The molecule has 23 heavy (non-hydrogen) atoms. The molecule has 3 rings (SSSR count). The van der Waals surface area contributed by atoms with Crippen LogP contribution in [0.15, 0.2) is 45.4 Å². The molecule has 2 aromatic rings. The topological polar surface area (TPSA) is 94.9 Å². The molecule has 2 heterocycles. The molecule has 1 aromatic carbocycles. The summed E-state index contributed by atoms with van der Waals surface area (Å²) >= 11 is 7.75. The molecular formula is C14H6ClIN2O5. The van der Waals surface area contributed by atoms with E-state index >= 15 is 0 Å². The molecule has 0 aliphatic carbocycles. The second-order valence-electron chi connectivity index (χ2n) is 4.40. The molecule has 0 spiro atoms. The fraction of sp³-hybridized carbons (Fsp3) is 0. The summed E-state index contributed by atoms with van der Waals surface area (Å²) in [5.74, 6) is -0.236. The van der Waals surface area contributed by atoms with Crippen LogP contribution in [-0.4, -0.2) is 16.8 Å². The van der Waals surface area contributed by atoms with Gasteiger partial charge in [0.25, 0.3) is 5.69 Å². The van der Waals surface area contributed by atoms with E-state index in [4.69, 9.17) is 20.8 Å². The Morgan fingerprint density at radius 1 is 1.30 bits per heavy atom. The van der Waals surface area contributed by atoms with Crippen LogP contribution in [0, 0.1) is 13.9 Å². The minimum atomic E-state index is -0.663. The highest BCUT2D eigenvalue weighted by Crippen LogP contribution is 2.27. The molecule has 1 aliphatic heterocycles. The van der Waals surface area contributed by atoms with E-state index in [2.05, 4.69) is 4.99 Å². The maximum absolute atomic E-state index is 11.8. The zero-order valence-electron chi connectivity index (χ0n) is 11.2. The van der Waals surface area contributed by atoms with Gasteiger partial charge >= 0.3 is 5.97 Å². The van der Waals surface area contributed by atoms with Crippen molar-refractivity contribution in [2.75, 3.05) is 0 Å². The maximum atomic E-state index is 11.8. The van der Waals surface area contributed by atoms with Crippen molar-refractivity contribution in [3.05, 3.63) is 66.3 Å². The lowest BCUT2D eigenvalue weighted by molar-refractivity contribution is -0.384. The predicted octanol–water partition coefficient (Wildman–Crippen LogP) is 3.79. The second kappa shape index (κ2) is 6.13. The zero-order valence-corrected chi connectivity index (χ0v) is 14.1. The molecule has 116 valence electrons.